The van der Waals surface area contributed by atoms with Crippen LogP contribution >= 0.6 is 0 Å². The number of anilines is 1. The number of hydrogen-bond donors (Lipinski definition) is 4. The van der Waals surface area contributed by atoms with Gasteiger partial charge in [0.05, 0.1) is 11.2 Å². The summed E-state index contributed by atoms with van der Waals surface area (Å²) in [5.41, 5.74) is 1.99. The second kappa shape index (κ2) is 8.20. The molecule has 3 rings (SSSR count). The third kappa shape index (κ3) is 5.00. The Kier molecular flexibility index (Phi) is 6.05. The SMILES string of the molecule is CC1(C)OB(c2ccc(NC(=O)NCc3ccc(B(O)O)cc3)cc2)OC1(C)C. The highest BCUT2D eigenvalue weighted by atomic mass is 16.7. The average molecular weight is 396 g/mol. The summed E-state index contributed by atoms with van der Waals surface area (Å²) >= 11 is 0. The molecule has 9 heteroatoms. The average Bonchev–Trinajstić information content (AvgIpc) is 2.88. The van der Waals surface area contributed by atoms with Crippen LogP contribution in [0.5, 0.6) is 0 Å². The molecule has 0 radical (unpaired) electrons. The first kappa shape index (κ1) is 21.4. The molecule has 1 aliphatic heterocycles. The molecule has 0 aromatic heterocycles. The van der Waals surface area contributed by atoms with Gasteiger partial charge in [-0.3, -0.25) is 0 Å². The van der Waals surface area contributed by atoms with E-state index < -0.39 is 25.4 Å². The Bertz CT molecular complexity index is 838. The molecule has 1 heterocycles. The fraction of sp³-hybridized carbons (Fsp3) is 0.350. The van der Waals surface area contributed by atoms with Gasteiger partial charge in [-0.25, -0.2) is 4.79 Å². The number of urea groups is 1. The summed E-state index contributed by atoms with van der Waals surface area (Å²) in [5, 5.41) is 23.7. The topological polar surface area (TPSA) is 100 Å². The van der Waals surface area contributed by atoms with Crippen LogP contribution in [0, 0.1) is 0 Å². The Morgan fingerprint density at radius 2 is 1.52 bits per heavy atom. The molecule has 1 saturated heterocycles. The minimum Gasteiger partial charge on any atom is -0.423 e. The van der Waals surface area contributed by atoms with Crippen molar-refractivity contribution in [2.75, 3.05) is 5.32 Å². The van der Waals surface area contributed by atoms with E-state index in [4.69, 9.17) is 19.4 Å². The van der Waals surface area contributed by atoms with Gasteiger partial charge in [0.25, 0.3) is 0 Å². The molecule has 2 aromatic rings. The molecule has 1 aliphatic rings. The first-order valence-electron chi connectivity index (χ1n) is 9.53. The van der Waals surface area contributed by atoms with Crippen molar-refractivity contribution in [1.82, 2.24) is 5.32 Å². The van der Waals surface area contributed by atoms with Crippen LogP contribution < -0.4 is 21.6 Å². The van der Waals surface area contributed by atoms with Crippen molar-refractivity contribution in [2.24, 2.45) is 0 Å². The van der Waals surface area contributed by atoms with E-state index in [1.807, 2.05) is 39.8 Å². The number of carbonyl (C=O) groups is 1. The molecule has 2 aromatic carbocycles. The largest absolute Gasteiger partial charge is 0.494 e. The predicted octanol–water partition coefficient (Wildman–Crippen LogP) is 0.987. The van der Waals surface area contributed by atoms with Crippen molar-refractivity contribution in [3.05, 3.63) is 54.1 Å². The Labute approximate surface area is 171 Å². The fourth-order valence-electron chi connectivity index (χ4n) is 2.87. The molecule has 4 N–H and O–H groups in total. The summed E-state index contributed by atoms with van der Waals surface area (Å²) in [7, 11) is -1.94. The van der Waals surface area contributed by atoms with Crippen LogP contribution in [0.15, 0.2) is 48.5 Å². The lowest BCUT2D eigenvalue weighted by molar-refractivity contribution is 0.00578. The third-order valence-corrected chi connectivity index (χ3v) is 5.42. The van der Waals surface area contributed by atoms with Crippen LogP contribution in [0.1, 0.15) is 33.3 Å². The zero-order valence-corrected chi connectivity index (χ0v) is 17.1. The van der Waals surface area contributed by atoms with Crippen LogP contribution in [-0.4, -0.2) is 41.5 Å². The maximum absolute atomic E-state index is 12.1. The van der Waals surface area contributed by atoms with Crippen LogP contribution in [0.25, 0.3) is 0 Å². The van der Waals surface area contributed by atoms with Gasteiger partial charge in [-0.15, -0.1) is 0 Å². The smallest absolute Gasteiger partial charge is 0.423 e. The maximum atomic E-state index is 12.1. The van der Waals surface area contributed by atoms with Crippen LogP contribution in [0.2, 0.25) is 0 Å². The molecule has 0 spiro atoms. The fourth-order valence-corrected chi connectivity index (χ4v) is 2.87. The molecular formula is C20H26B2N2O5. The summed E-state index contributed by atoms with van der Waals surface area (Å²) < 4.78 is 12.1. The van der Waals surface area contributed by atoms with Crippen LogP contribution in [-0.2, 0) is 15.9 Å². The number of rotatable bonds is 5. The first-order valence-corrected chi connectivity index (χ1v) is 9.53. The van der Waals surface area contributed by atoms with Crippen molar-refractivity contribution < 1.29 is 24.2 Å². The zero-order chi connectivity index (χ0) is 21.2. The highest BCUT2D eigenvalue weighted by Gasteiger charge is 2.51. The van der Waals surface area contributed by atoms with Crippen molar-refractivity contribution in [2.45, 2.75) is 45.4 Å². The van der Waals surface area contributed by atoms with Gasteiger partial charge in [0.1, 0.15) is 0 Å². The lowest BCUT2D eigenvalue weighted by Crippen LogP contribution is -2.41. The molecule has 0 bridgehead atoms. The Morgan fingerprint density at radius 1 is 0.966 bits per heavy atom. The molecule has 29 heavy (non-hydrogen) atoms. The van der Waals surface area contributed by atoms with Gasteiger partial charge in [-0.2, -0.15) is 0 Å². The molecule has 152 valence electrons. The van der Waals surface area contributed by atoms with Gasteiger partial charge in [-0.1, -0.05) is 36.4 Å². The molecule has 0 atom stereocenters. The van der Waals surface area contributed by atoms with E-state index in [1.54, 1.807) is 36.4 Å². The van der Waals surface area contributed by atoms with E-state index in [-0.39, 0.29) is 6.03 Å². The van der Waals surface area contributed by atoms with E-state index in [0.29, 0.717) is 17.7 Å². The number of amides is 2. The summed E-state index contributed by atoms with van der Waals surface area (Å²) in [6.45, 7) is 8.35. The second-order valence-corrected chi connectivity index (χ2v) is 8.13. The highest BCUT2D eigenvalue weighted by molar-refractivity contribution is 6.62. The van der Waals surface area contributed by atoms with Gasteiger partial charge >= 0.3 is 20.3 Å². The molecule has 2 amide bonds. The summed E-state index contributed by atoms with van der Waals surface area (Å²) in [6.07, 6.45) is 0. The lowest BCUT2D eigenvalue weighted by Gasteiger charge is -2.32. The van der Waals surface area contributed by atoms with E-state index in [2.05, 4.69) is 10.6 Å². The molecular weight excluding hydrogens is 370 g/mol. The van der Waals surface area contributed by atoms with Crippen molar-refractivity contribution in [3.63, 3.8) is 0 Å². The van der Waals surface area contributed by atoms with Crippen molar-refractivity contribution >= 4 is 36.9 Å². The van der Waals surface area contributed by atoms with E-state index in [0.717, 1.165) is 11.0 Å². The van der Waals surface area contributed by atoms with Gasteiger partial charge in [0.2, 0.25) is 0 Å². The zero-order valence-electron chi connectivity index (χ0n) is 17.1. The second-order valence-electron chi connectivity index (χ2n) is 8.13. The number of hydrogen-bond acceptors (Lipinski definition) is 5. The van der Waals surface area contributed by atoms with E-state index >= 15 is 0 Å². The van der Waals surface area contributed by atoms with Gasteiger partial charge < -0.3 is 30.0 Å². The van der Waals surface area contributed by atoms with Gasteiger partial charge in [-0.05, 0) is 56.3 Å². The monoisotopic (exact) mass is 396 g/mol. The minimum absolute atomic E-state index is 0.319. The highest BCUT2D eigenvalue weighted by Crippen LogP contribution is 2.36. The normalized spacial score (nSPS) is 17.1. The summed E-state index contributed by atoms with van der Waals surface area (Å²) in [6, 6.07) is 13.7. The van der Waals surface area contributed by atoms with Crippen molar-refractivity contribution in [1.29, 1.82) is 0 Å². The number of nitrogens with one attached hydrogen (secondary N) is 2. The van der Waals surface area contributed by atoms with Crippen LogP contribution in [0.4, 0.5) is 10.5 Å². The number of carbonyl (C=O) groups excluding carboxylic acids is 1. The van der Waals surface area contributed by atoms with Crippen LogP contribution in [0.3, 0.4) is 0 Å². The Hall–Kier alpha value is -2.32. The molecule has 7 nitrogen and oxygen atoms in total. The maximum Gasteiger partial charge on any atom is 0.494 e. The summed E-state index contributed by atoms with van der Waals surface area (Å²) in [5.74, 6) is 0. The van der Waals surface area contributed by atoms with Gasteiger partial charge in [0, 0.05) is 12.2 Å². The molecule has 0 unspecified atom stereocenters. The summed E-state index contributed by atoms with van der Waals surface area (Å²) in [4.78, 5) is 12.1. The van der Waals surface area contributed by atoms with Crippen molar-refractivity contribution in [3.8, 4) is 0 Å². The van der Waals surface area contributed by atoms with Gasteiger partial charge in [0.15, 0.2) is 0 Å². The first-order chi connectivity index (χ1) is 13.6. The quantitative estimate of drug-likeness (QED) is 0.565. The standard InChI is InChI=1S/C20H26B2N2O5/c1-19(2)20(3,4)29-22(28-19)16-9-11-17(12-10-16)24-18(25)23-13-14-5-7-15(8-6-14)21(26)27/h5-12,26-27H,13H2,1-4H3,(H2,23,24,25). The lowest BCUT2D eigenvalue weighted by atomic mass is 9.79. The predicted molar refractivity (Wildman–Crippen MR) is 114 cm³/mol. The molecule has 1 fully saturated rings. The third-order valence-electron chi connectivity index (χ3n) is 5.42. The Balaban J connectivity index is 1.52. The Morgan fingerprint density at radius 3 is 2.03 bits per heavy atom. The van der Waals surface area contributed by atoms with E-state index in [1.165, 1.54) is 0 Å². The molecule has 0 aliphatic carbocycles. The molecule has 0 saturated carbocycles. The number of benzene rings is 2. The van der Waals surface area contributed by atoms with E-state index in [9.17, 15) is 4.79 Å². The minimum atomic E-state index is -1.50.